The summed E-state index contributed by atoms with van der Waals surface area (Å²) in [4.78, 5) is 6.82. The molecule has 0 amide bonds. The highest BCUT2D eigenvalue weighted by molar-refractivity contribution is 7.99. The van der Waals surface area contributed by atoms with Gasteiger partial charge < -0.3 is 15.4 Å². The molecule has 0 aromatic heterocycles. The number of rotatable bonds is 2. The molecule has 2 N–H and O–H groups in total. The van der Waals surface area contributed by atoms with E-state index >= 15 is 0 Å². The molecule has 0 saturated carbocycles. The number of aliphatic imine (C=N–C) groups is 1. The predicted octanol–water partition coefficient (Wildman–Crippen LogP) is 1.92. The topological polar surface area (TPSA) is 50.9 Å². The summed E-state index contributed by atoms with van der Waals surface area (Å²) in [5.74, 6) is 4.44. The van der Waals surface area contributed by atoms with Gasteiger partial charge in [-0.3, -0.25) is 4.99 Å². The second-order valence-electron chi connectivity index (χ2n) is 5.17. The van der Waals surface area contributed by atoms with Crippen LogP contribution in [-0.4, -0.2) is 48.6 Å². The van der Waals surface area contributed by atoms with Crippen molar-refractivity contribution in [1.29, 1.82) is 0 Å². The van der Waals surface area contributed by atoms with Gasteiger partial charge in [0.15, 0.2) is 5.96 Å². The number of hydrogen-bond acceptors (Lipinski definition) is 3. The molecule has 3 rings (SSSR count). The van der Waals surface area contributed by atoms with Crippen molar-refractivity contribution < 1.29 is 4.74 Å². The Bertz CT molecular complexity index is 486. The van der Waals surface area contributed by atoms with Crippen LogP contribution in [0.2, 0.25) is 0 Å². The molecule has 5 heteroatoms. The van der Waals surface area contributed by atoms with E-state index in [0.717, 1.165) is 49.9 Å². The fourth-order valence-electron chi connectivity index (χ4n) is 2.70. The largest absolute Gasteiger partial charge is 0.493 e. The van der Waals surface area contributed by atoms with Gasteiger partial charge in [0.1, 0.15) is 5.75 Å². The van der Waals surface area contributed by atoms with Gasteiger partial charge in [-0.25, -0.2) is 0 Å². The van der Waals surface area contributed by atoms with Gasteiger partial charge in [0.25, 0.3) is 0 Å². The number of ether oxygens (including phenoxy) is 1. The van der Waals surface area contributed by atoms with Gasteiger partial charge in [-0.2, -0.15) is 11.8 Å². The molecule has 108 valence electrons. The number of nitrogens with two attached hydrogens (primary N) is 1. The first-order valence-electron chi connectivity index (χ1n) is 7.19. The number of nitrogens with zero attached hydrogens (tertiary/aromatic N) is 2. The molecule has 1 fully saturated rings. The maximum atomic E-state index is 6.12. The lowest BCUT2D eigenvalue weighted by Gasteiger charge is -2.28. The molecule has 1 saturated heterocycles. The zero-order valence-corrected chi connectivity index (χ0v) is 12.4. The summed E-state index contributed by atoms with van der Waals surface area (Å²) >= 11 is 1.98. The molecule has 20 heavy (non-hydrogen) atoms. The van der Waals surface area contributed by atoms with E-state index in [9.17, 15) is 0 Å². The Balaban J connectivity index is 1.66. The molecule has 1 aromatic rings. The summed E-state index contributed by atoms with van der Waals surface area (Å²) in [6, 6.07) is 8.26. The van der Waals surface area contributed by atoms with Crippen LogP contribution in [0.1, 0.15) is 17.9 Å². The smallest absolute Gasteiger partial charge is 0.191 e. The number of thioether (sulfide) groups is 1. The van der Waals surface area contributed by atoms with Crippen LogP contribution in [0.15, 0.2) is 29.3 Å². The average Bonchev–Trinajstić information content (AvgIpc) is 2.53. The highest BCUT2D eigenvalue weighted by atomic mass is 32.2. The lowest BCUT2D eigenvalue weighted by molar-refractivity contribution is 0.268. The fourth-order valence-corrected chi connectivity index (χ4v) is 3.60. The number of benzene rings is 1. The molecule has 2 heterocycles. The van der Waals surface area contributed by atoms with Gasteiger partial charge >= 0.3 is 0 Å². The standard InChI is InChI=1S/C15H21N3OS/c16-15(18-6-9-20-10-7-18)17-11-12-5-8-19-14-4-2-1-3-13(12)14/h1-4,12H,5-11H2,(H2,16,17)/t12-/m0/s1. The summed E-state index contributed by atoms with van der Waals surface area (Å²) in [7, 11) is 0. The molecule has 0 bridgehead atoms. The van der Waals surface area contributed by atoms with Crippen LogP contribution in [0, 0.1) is 0 Å². The molecule has 2 aliphatic heterocycles. The molecule has 1 aromatic carbocycles. The van der Waals surface area contributed by atoms with Crippen molar-refractivity contribution >= 4 is 17.7 Å². The molecular formula is C15H21N3OS. The Hall–Kier alpha value is -1.36. The van der Waals surface area contributed by atoms with Gasteiger partial charge in [0, 0.05) is 37.1 Å². The summed E-state index contributed by atoms with van der Waals surface area (Å²) in [5, 5.41) is 0. The van der Waals surface area contributed by atoms with Crippen LogP contribution in [-0.2, 0) is 0 Å². The number of hydrogen-bond donors (Lipinski definition) is 1. The van der Waals surface area contributed by atoms with Crippen LogP contribution >= 0.6 is 11.8 Å². The molecular weight excluding hydrogens is 270 g/mol. The van der Waals surface area contributed by atoms with Crippen LogP contribution < -0.4 is 10.5 Å². The lowest BCUT2D eigenvalue weighted by Crippen LogP contribution is -2.42. The number of para-hydroxylation sites is 1. The van der Waals surface area contributed by atoms with E-state index in [1.807, 2.05) is 23.9 Å². The zero-order chi connectivity index (χ0) is 13.8. The maximum absolute atomic E-state index is 6.12. The predicted molar refractivity (Wildman–Crippen MR) is 84.7 cm³/mol. The molecule has 0 spiro atoms. The summed E-state index contributed by atoms with van der Waals surface area (Å²) < 4.78 is 5.68. The molecule has 4 nitrogen and oxygen atoms in total. The van der Waals surface area contributed by atoms with Crippen LogP contribution in [0.4, 0.5) is 0 Å². The third-order valence-electron chi connectivity index (χ3n) is 3.89. The van der Waals surface area contributed by atoms with Crippen molar-refractivity contribution in [3.8, 4) is 5.75 Å². The van der Waals surface area contributed by atoms with Gasteiger partial charge in [0.05, 0.1) is 6.61 Å². The normalized spacial score (nSPS) is 23.1. The first-order chi connectivity index (χ1) is 9.84. The highest BCUT2D eigenvalue weighted by Gasteiger charge is 2.21. The molecule has 2 aliphatic rings. The molecule has 0 radical (unpaired) electrons. The third kappa shape index (κ3) is 3.03. The Morgan fingerprint density at radius 3 is 3.00 bits per heavy atom. The van der Waals surface area contributed by atoms with Crippen molar-refractivity contribution in [2.45, 2.75) is 12.3 Å². The minimum atomic E-state index is 0.428. The first-order valence-corrected chi connectivity index (χ1v) is 8.34. The number of guanidine groups is 1. The Morgan fingerprint density at radius 1 is 1.35 bits per heavy atom. The van der Waals surface area contributed by atoms with Crippen molar-refractivity contribution in [2.24, 2.45) is 10.7 Å². The number of fused-ring (bicyclic) bond motifs is 1. The zero-order valence-electron chi connectivity index (χ0n) is 11.6. The average molecular weight is 291 g/mol. The van der Waals surface area contributed by atoms with Crippen LogP contribution in [0.5, 0.6) is 5.75 Å². The van der Waals surface area contributed by atoms with Gasteiger partial charge in [-0.1, -0.05) is 18.2 Å². The summed E-state index contributed by atoms with van der Waals surface area (Å²) in [6.45, 7) is 3.57. The van der Waals surface area contributed by atoms with E-state index in [4.69, 9.17) is 10.5 Å². The SMILES string of the molecule is NC(=NC[C@@H]1CCOc2ccccc21)N1CCSCC1. The Kier molecular flexibility index (Phi) is 4.35. The second kappa shape index (κ2) is 6.39. The van der Waals surface area contributed by atoms with Crippen LogP contribution in [0.3, 0.4) is 0 Å². The first kappa shape index (κ1) is 13.6. The van der Waals surface area contributed by atoms with Gasteiger partial charge in [-0.05, 0) is 18.1 Å². The van der Waals surface area contributed by atoms with E-state index < -0.39 is 0 Å². The van der Waals surface area contributed by atoms with Crippen molar-refractivity contribution in [1.82, 2.24) is 4.90 Å². The minimum Gasteiger partial charge on any atom is -0.493 e. The fraction of sp³-hybridized carbons (Fsp3) is 0.533. The summed E-state index contributed by atoms with van der Waals surface area (Å²) in [5.41, 5.74) is 7.39. The highest BCUT2D eigenvalue weighted by Crippen LogP contribution is 2.33. The van der Waals surface area contributed by atoms with E-state index in [2.05, 4.69) is 22.0 Å². The molecule has 0 unspecified atom stereocenters. The monoisotopic (exact) mass is 291 g/mol. The molecule has 1 atom stereocenters. The Morgan fingerprint density at radius 2 is 2.15 bits per heavy atom. The van der Waals surface area contributed by atoms with Gasteiger partial charge in [-0.15, -0.1) is 0 Å². The van der Waals surface area contributed by atoms with Gasteiger partial charge in [0.2, 0.25) is 0 Å². The maximum Gasteiger partial charge on any atom is 0.191 e. The molecule has 0 aliphatic carbocycles. The van der Waals surface area contributed by atoms with E-state index in [1.54, 1.807) is 0 Å². The van der Waals surface area contributed by atoms with Crippen molar-refractivity contribution in [3.63, 3.8) is 0 Å². The van der Waals surface area contributed by atoms with Crippen LogP contribution in [0.25, 0.3) is 0 Å². The third-order valence-corrected chi connectivity index (χ3v) is 4.83. The van der Waals surface area contributed by atoms with E-state index in [1.165, 1.54) is 5.56 Å². The van der Waals surface area contributed by atoms with Crippen molar-refractivity contribution in [2.75, 3.05) is 37.7 Å². The van der Waals surface area contributed by atoms with E-state index in [0.29, 0.717) is 11.9 Å². The quantitative estimate of drug-likeness (QED) is 0.668. The minimum absolute atomic E-state index is 0.428. The van der Waals surface area contributed by atoms with Crippen molar-refractivity contribution in [3.05, 3.63) is 29.8 Å². The lowest BCUT2D eigenvalue weighted by atomic mass is 9.93. The van der Waals surface area contributed by atoms with E-state index in [-0.39, 0.29) is 0 Å². The summed E-state index contributed by atoms with van der Waals surface area (Å²) in [6.07, 6.45) is 1.02. The Labute approximate surface area is 124 Å². The second-order valence-corrected chi connectivity index (χ2v) is 6.39.